The zero-order valence-corrected chi connectivity index (χ0v) is 20.2. The molecule has 0 bridgehead atoms. The smallest absolute Gasteiger partial charge is 0.296 e. The SMILES string of the molecule is Cn1c(=O)n(Cc2ccc(F)cc2)c(=O)c2cc(C(=O)c3nc(-c4cccnc4)c4ccccn34)ccc21. The van der Waals surface area contributed by atoms with Crippen LogP contribution in [0.1, 0.15) is 21.7 Å². The molecule has 0 radical (unpaired) electrons. The second-order valence-corrected chi connectivity index (χ2v) is 8.90. The summed E-state index contributed by atoms with van der Waals surface area (Å²) in [5, 5.41) is 0.216. The van der Waals surface area contributed by atoms with E-state index in [1.165, 1.54) is 34.9 Å². The van der Waals surface area contributed by atoms with Crippen LogP contribution in [0.25, 0.3) is 27.7 Å². The van der Waals surface area contributed by atoms with Crippen molar-refractivity contribution in [3.8, 4) is 11.3 Å². The zero-order chi connectivity index (χ0) is 26.4. The van der Waals surface area contributed by atoms with E-state index in [1.807, 2.05) is 24.3 Å². The van der Waals surface area contributed by atoms with Gasteiger partial charge in [-0.15, -0.1) is 0 Å². The number of aromatic nitrogens is 5. The van der Waals surface area contributed by atoms with Crippen molar-refractivity contribution in [1.82, 2.24) is 23.5 Å². The molecular weight excluding hydrogens is 485 g/mol. The normalized spacial score (nSPS) is 11.3. The third-order valence-electron chi connectivity index (χ3n) is 6.55. The third kappa shape index (κ3) is 3.81. The van der Waals surface area contributed by atoms with E-state index in [2.05, 4.69) is 9.97 Å². The summed E-state index contributed by atoms with van der Waals surface area (Å²) in [5.74, 6) is -0.592. The molecule has 0 aliphatic carbocycles. The Labute approximate surface area is 214 Å². The maximum absolute atomic E-state index is 13.7. The lowest BCUT2D eigenvalue weighted by atomic mass is 10.1. The number of ketones is 1. The van der Waals surface area contributed by atoms with Crippen LogP contribution in [0, 0.1) is 5.82 Å². The van der Waals surface area contributed by atoms with Gasteiger partial charge < -0.3 is 0 Å². The fourth-order valence-corrected chi connectivity index (χ4v) is 4.61. The van der Waals surface area contributed by atoms with E-state index < -0.39 is 17.1 Å². The van der Waals surface area contributed by atoms with Gasteiger partial charge in [-0.1, -0.05) is 18.2 Å². The number of pyridine rings is 2. The molecule has 0 N–H and O–H groups in total. The van der Waals surface area contributed by atoms with Crippen molar-refractivity contribution in [2.24, 2.45) is 7.05 Å². The van der Waals surface area contributed by atoms with Crippen LogP contribution in [0.3, 0.4) is 0 Å². The fraction of sp³-hybridized carbons (Fsp3) is 0.0690. The molecule has 6 aromatic rings. The fourth-order valence-electron chi connectivity index (χ4n) is 4.61. The van der Waals surface area contributed by atoms with E-state index >= 15 is 0 Å². The van der Waals surface area contributed by atoms with Gasteiger partial charge in [0.05, 0.1) is 28.7 Å². The average molecular weight is 506 g/mol. The first kappa shape index (κ1) is 23.2. The molecule has 9 heteroatoms. The Morgan fingerprint density at radius 3 is 2.53 bits per heavy atom. The Bertz CT molecular complexity index is 1970. The number of nitrogens with zero attached hydrogens (tertiary/aromatic N) is 5. The Morgan fingerprint density at radius 1 is 0.947 bits per heavy atom. The minimum atomic E-state index is -0.536. The molecule has 8 nitrogen and oxygen atoms in total. The molecule has 4 aromatic heterocycles. The Morgan fingerprint density at radius 2 is 1.76 bits per heavy atom. The molecule has 0 saturated carbocycles. The number of carbonyl (C=O) groups is 1. The minimum Gasteiger partial charge on any atom is -0.296 e. The van der Waals surface area contributed by atoms with Crippen LogP contribution in [-0.2, 0) is 13.6 Å². The lowest BCUT2D eigenvalue weighted by molar-refractivity contribution is 0.102. The molecule has 0 atom stereocenters. The topological polar surface area (TPSA) is 91.3 Å². The molecule has 2 aromatic carbocycles. The second kappa shape index (κ2) is 9.04. The molecule has 0 fully saturated rings. The van der Waals surface area contributed by atoms with Crippen molar-refractivity contribution < 1.29 is 9.18 Å². The highest BCUT2D eigenvalue weighted by Crippen LogP contribution is 2.26. The van der Waals surface area contributed by atoms with Gasteiger partial charge in [-0.25, -0.2) is 14.2 Å². The molecule has 0 amide bonds. The van der Waals surface area contributed by atoms with Crippen LogP contribution in [0.4, 0.5) is 4.39 Å². The number of rotatable bonds is 5. The number of hydrogen-bond donors (Lipinski definition) is 0. The van der Waals surface area contributed by atoms with E-state index in [1.54, 1.807) is 48.2 Å². The molecule has 0 aliphatic heterocycles. The molecule has 6 rings (SSSR count). The Balaban J connectivity index is 1.48. The monoisotopic (exact) mass is 505 g/mol. The molecule has 38 heavy (non-hydrogen) atoms. The van der Waals surface area contributed by atoms with Crippen molar-refractivity contribution in [3.05, 3.63) is 135 Å². The first-order valence-corrected chi connectivity index (χ1v) is 11.8. The van der Waals surface area contributed by atoms with Gasteiger partial charge in [-0.2, -0.15) is 0 Å². The number of hydrogen-bond acceptors (Lipinski definition) is 5. The maximum Gasteiger partial charge on any atom is 0.331 e. The second-order valence-electron chi connectivity index (χ2n) is 8.90. The van der Waals surface area contributed by atoms with E-state index in [9.17, 15) is 18.8 Å². The zero-order valence-electron chi connectivity index (χ0n) is 20.2. The van der Waals surface area contributed by atoms with Gasteiger partial charge in [-0.3, -0.25) is 28.1 Å². The summed E-state index contributed by atoms with van der Waals surface area (Å²) in [5.41, 5.74) is 2.35. The Kier molecular flexibility index (Phi) is 5.53. The Hall–Kier alpha value is -5.18. The van der Waals surface area contributed by atoms with Crippen LogP contribution >= 0.6 is 0 Å². The van der Waals surface area contributed by atoms with Gasteiger partial charge in [0, 0.05) is 36.8 Å². The summed E-state index contributed by atoms with van der Waals surface area (Å²) in [4.78, 5) is 48.9. The molecule has 186 valence electrons. The first-order chi connectivity index (χ1) is 18.4. The van der Waals surface area contributed by atoms with Crippen LogP contribution in [0.5, 0.6) is 0 Å². The number of fused-ring (bicyclic) bond motifs is 2. The van der Waals surface area contributed by atoms with Crippen molar-refractivity contribution in [2.45, 2.75) is 6.54 Å². The number of benzene rings is 2. The highest BCUT2D eigenvalue weighted by atomic mass is 19.1. The van der Waals surface area contributed by atoms with Crippen LogP contribution in [0.2, 0.25) is 0 Å². The maximum atomic E-state index is 13.7. The number of aryl methyl sites for hydroxylation is 1. The van der Waals surface area contributed by atoms with E-state index in [0.717, 1.165) is 15.6 Å². The lowest BCUT2D eigenvalue weighted by Gasteiger charge is -2.12. The van der Waals surface area contributed by atoms with Crippen LogP contribution in [0.15, 0.2) is 101 Å². The number of imidazole rings is 1. The summed E-state index contributed by atoms with van der Waals surface area (Å²) in [6.07, 6.45) is 5.11. The molecular formula is C29H20FN5O3. The van der Waals surface area contributed by atoms with Gasteiger partial charge in [0.2, 0.25) is 5.78 Å². The lowest BCUT2D eigenvalue weighted by Crippen LogP contribution is -2.39. The minimum absolute atomic E-state index is 0.0285. The van der Waals surface area contributed by atoms with Gasteiger partial charge >= 0.3 is 5.69 Å². The summed E-state index contributed by atoms with van der Waals surface area (Å²) < 4.78 is 17.5. The molecule has 0 aliphatic rings. The van der Waals surface area contributed by atoms with Gasteiger partial charge in [0.25, 0.3) is 5.56 Å². The summed E-state index contributed by atoms with van der Waals surface area (Å²) in [6, 6.07) is 19.5. The van der Waals surface area contributed by atoms with E-state index in [-0.39, 0.29) is 29.1 Å². The summed E-state index contributed by atoms with van der Waals surface area (Å²) >= 11 is 0. The van der Waals surface area contributed by atoms with Gasteiger partial charge in [-0.05, 0) is 60.2 Å². The summed E-state index contributed by atoms with van der Waals surface area (Å²) in [7, 11) is 1.56. The quantitative estimate of drug-likeness (QED) is 0.332. The van der Waals surface area contributed by atoms with Crippen molar-refractivity contribution >= 4 is 22.2 Å². The standard InChI is InChI=1S/C29H20FN5O3/c1-33-23-12-9-19(15-22(23)28(37)35(29(33)38)17-18-7-10-21(30)11-8-18)26(36)27-32-25(20-5-4-13-31-16-20)24-6-2-3-14-34(24)27/h2-16H,17H2,1H3. The van der Waals surface area contributed by atoms with E-state index in [4.69, 9.17) is 0 Å². The first-order valence-electron chi connectivity index (χ1n) is 11.8. The van der Waals surface area contributed by atoms with Gasteiger partial charge in [0.15, 0.2) is 5.82 Å². The van der Waals surface area contributed by atoms with Crippen LogP contribution < -0.4 is 11.2 Å². The predicted octanol–water partition coefficient (Wildman–Crippen LogP) is 3.83. The predicted molar refractivity (Wildman–Crippen MR) is 141 cm³/mol. The highest BCUT2D eigenvalue weighted by molar-refractivity contribution is 6.09. The van der Waals surface area contributed by atoms with Crippen molar-refractivity contribution in [2.75, 3.05) is 0 Å². The molecule has 0 spiro atoms. The van der Waals surface area contributed by atoms with Crippen molar-refractivity contribution in [1.29, 1.82) is 0 Å². The van der Waals surface area contributed by atoms with Gasteiger partial charge in [0.1, 0.15) is 5.82 Å². The number of carbonyl (C=O) groups excluding carboxylic acids is 1. The molecule has 0 saturated heterocycles. The number of halogens is 1. The van der Waals surface area contributed by atoms with Crippen molar-refractivity contribution in [3.63, 3.8) is 0 Å². The van der Waals surface area contributed by atoms with Crippen LogP contribution in [-0.4, -0.2) is 29.3 Å². The average Bonchev–Trinajstić information content (AvgIpc) is 3.35. The molecule has 4 heterocycles. The largest absolute Gasteiger partial charge is 0.331 e. The molecule has 0 unspecified atom stereocenters. The highest BCUT2D eigenvalue weighted by Gasteiger charge is 2.21. The third-order valence-corrected chi connectivity index (χ3v) is 6.55. The van der Waals surface area contributed by atoms with E-state index in [0.29, 0.717) is 16.8 Å². The summed E-state index contributed by atoms with van der Waals surface area (Å²) in [6.45, 7) is -0.0285.